The second kappa shape index (κ2) is 8.54. The molecule has 1 rings (SSSR count). The molecule has 0 bridgehead atoms. The van der Waals surface area contributed by atoms with E-state index in [0.717, 1.165) is 0 Å². The molecule has 23 heavy (non-hydrogen) atoms. The van der Waals surface area contributed by atoms with E-state index in [1.54, 1.807) is 6.92 Å². The van der Waals surface area contributed by atoms with Gasteiger partial charge in [0.05, 0.1) is 16.0 Å². The molecule has 1 unspecified atom stereocenters. The van der Waals surface area contributed by atoms with Crippen LogP contribution < -0.4 is 5.32 Å². The number of rotatable bonds is 9. The third-order valence-electron chi connectivity index (χ3n) is 3.51. The normalized spacial score (nSPS) is 12.4. The van der Waals surface area contributed by atoms with E-state index in [-0.39, 0.29) is 29.3 Å². The summed E-state index contributed by atoms with van der Waals surface area (Å²) >= 11 is 0. The Labute approximate surface area is 134 Å². The lowest BCUT2D eigenvalue weighted by atomic mass is 9.96. The van der Waals surface area contributed by atoms with Crippen molar-refractivity contribution in [3.8, 4) is 0 Å². The molecular formula is C15H23N3O5. The van der Waals surface area contributed by atoms with Crippen molar-refractivity contribution < 1.29 is 15.0 Å². The van der Waals surface area contributed by atoms with Crippen LogP contribution in [0.15, 0.2) is 12.1 Å². The van der Waals surface area contributed by atoms with Crippen LogP contribution >= 0.6 is 0 Å². The van der Waals surface area contributed by atoms with Crippen molar-refractivity contribution in [2.45, 2.75) is 45.6 Å². The molecule has 1 aromatic carbocycles. The summed E-state index contributed by atoms with van der Waals surface area (Å²) in [5.74, 6) is -0.0332. The van der Waals surface area contributed by atoms with Gasteiger partial charge in [0, 0.05) is 18.7 Å². The van der Waals surface area contributed by atoms with Crippen molar-refractivity contribution in [2.75, 3.05) is 13.1 Å². The van der Waals surface area contributed by atoms with Gasteiger partial charge in [-0.15, -0.1) is 0 Å². The van der Waals surface area contributed by atoms with Gasteiger partial charge in [-0.3, -0.25) is 20.2 Å². The summed E-state index contributed by atoms with van der Waals surface area (Å²) in [5.41, 5.74) is 0.347. The SMILES string of the molecule is CC(O)CNCCCc1c([N+](=O)[O-])cc(C(C)C)cc1[N+](=O)[O-]. The minimum atomic E-state index is -0.558. The first-order valence-corrected chi connectivity index (χ1v) is 7.58. The van der Waals surface area contributed by atoms with Gasteiger partial charge >= 0.3 is 0 Å². The monoisotopic (exact) mass is 325 g/mol. The van der Waals surface area contributed by atoms with E-state index in [1.807, 2.05) is 13.8 Å². The smallest absolute Gasteiger partial charge is 0.279 e. The lowest BCUT2D eigenvalue weighted by Crippen LogP contribution is -2.25. The molecule has 8 heteroatoms. The van der Waals surface area contributed by atoms with E-state index in [4.69, 9.17) is 5.11 Å². The van der Waals surface area contributed by atoms with Crippen LogP contribution in [0.3, 0.4) is 0 Å². The molecular weight excluding hydrogens is 302 g/mol. The van der Waals surface area contributed by atoms with Crippen molar-refractivity contribution >= 4 is 11.4 Å². The summed E-state index contributed by atoms with van der Waals surface area (Å²) in [4.78, 5) is 21.5. The Balaban J connectivity index is 3.03. The fourth-order valence-electron chi connectivity index (χ4n) is 2.28. The van der Waals surface area contributed by atoms with Crippen LogP contribution in [0.2, 0.25) is 0 Å². The van der Waals surface area contributed by atoms with Gasteiger partial charge in [-0.05, 0) is 37.8 Å². The second-order valence-corrected chi connectivity index (χ2v) is 5.86. The van der Waals surface area contributed by atoms with Crippen LogP contribution in [0.5, 0.6) is 0 Å². The molecule has 0 aromatic heterocycles. The summed E-state index contributed by atoms with van der Waals surface area (Å²) < 4.78 is 0. The van der Waals surface area contributed by atoms with Gasteiger partial charge in [0.1, 0.15) is 5.56 Å². The Bertz CT molecular complexity index is 537. The maximum atomic E-state index is 11.3. The lowest BCUT2D eigenvalue weighted by Gasteiger charge is -2.10. The molecule has 0 amide bonds. The lowest BCUT2D eigenvalue weighted by molar-refractivity contribution is -0.395. The molecule has 0 aliphatic carbocycles. The number of aliphatic hydroxyl groups excluding tert-OH is 1. The van der Waals surface area contributed by atoms with Crippen LogP contribution in [0, 0.1) is 20.2 Å². The summed E-state index contributed by atoms with van der Waals surface area (Å²) in [6.07, 6.45) is 0.261. The van der Waals surface area contributed by atoms with Crippen LogP contribution in [-0.2, 0) is 6.42 Å². The molecule has 0 fully saturated rings. The maximum Gasteiger partial charge on any atom is 0.279 e. The Hall–Kier alpha value is -2.06. The van der Waals surface area contributed by atoms with Crippen LogP contribution in [0.25, 0.3) is 0 Å². The highest BCUT2D eigenvalue weighted by molar-refractivity contribution is 5.57. The molecule has 0 radical (unpaired) electrons. The predicted molar refractivity (Wildman–Crippen MR) is 86.7 cm³/mol. The number of benzene rings is 1. The van der Waals surface area contributed by atoms with Gasteiger partial charge in [-0.25, -0.2) is 0 Å². The summed E-state index contributed by atoms with van der Waals surface area (Å²) in [6, 6.07) is 2.85. The van der Waals surface area contributed by atoms with Gasteiger partial charge in [-0.2, -0.15) is 0 Å². The minimum Gasteiger partial charge on any atom is -0.392 e. The highest BCUT2D eigenvalue weighted by Crippen LogP contribution is 2.33. The number of nitrogens with one attached hydrogen (secondary N) is 1. The molecule has 8 nitrogen and oxygen atoms in total. The van der Waals surface area contributed by atoms with Crippen LogP contribution in [0.4, 0.5) is 11.4 Å². The first-order chi connectivity index (χ1) is 10.7. The fourth-order valence-corrected chi connectivity index (χ4v) is 2.28. The van der Waals surface area contributed by atoms with Gasteiger partial charge < -0.3 is 10.4 Å². The van der Waals surface area contributed by atoms with E-state index >= 15 is 0 Å². The van der Waals surface area contributed by atoms with Crippen LogP contribution in [0.1, 0.15) is 44.2 Å². The molecule has 1 aromatic rings. The first-order valence-electron chi connectivity index (χ1n) is 7.58. The Morgan fingerprint density at radius 3 is 2.04 bits per heavy atom. The molecule has 0 saturated heterocycles. The average molecular weight is 325 g/mol. The van der Waals surface area contributed by atoms with E-state index in [1.165, 1.54) is 12.1 Å². The zero-order chi connectivity index (χ0) is 17.6. The van der Waals surface area contributed by atoms with E-state index < -0.39 is 16.0 Å². The molecule has 2 N–H and O–H groups in total. The maximum absolute atomic E-state index is 11.3. The molecule has 128 valence electrons. The summed E-state index contributed by atoms with van der Waals surface area (Å²) in [7, 11) is 0. The summed E-state index contributed by atoms with van der Waals surface area (Å²) in [5, 5.41) is 34.7. The van der Waals surface area contributed by atoms with Gasteiger partial charge in [0.2, 0.25) is 0 Å². The number of hydrogen-bond acceptors (Lipinski definition) is 6. The minimum absolute atomic E-state index is 0.0332. The van der Waals surface area contributed by atoms with Gasteiger partial charge in [0.25, 0.3) is 11.4 Å². The zero-order valence-corrected chi connectivity index (χ0v) is 13.6. The molecule has 1 atom stereocenters. The van der Waals surface area contributed by atoms with Gasteiger partial charge in [0.15, 0.2) is 0 Å². The first kappa shape index (κ1) is 19.0. The van der Waals surface area contributed by atoms with Crippen molar-refractivity contribution in [1.82, 2.24) is 5.32 Å². The number of aliphatic hydroxyl groups is 1. The standard InChI is InChI=1S/C15H23N3O5/c1-10(2)12-7-14(17(20)21)13(15(8-12)18(22)23)5-4-6-16-9-11(3)19/h7-8,10-11,16,19H,4-6,9H2,1-3H3. The predicted octanol–water partition coefficient (Wildman–Crippen LogP) is 2.53. The molecule has 0 aliphatic heterocycles. The molecule has 0 aliphatic rings. The number of nitrogens with zero attached hydrogens (tertiary/aromatic N) is 2. The molecule has 0 saturated carbocycles. The van der Waals surface area contributed by atoms with Crippen molar-refractivity contribution in [3.05, 3.63) is 43.5 Å². The van der Waals surface area contributed by atoms with Crippen molar-refractivity contribution in [2.24, 2.45) is 0 Å². The number of nitro groups is 2. The molecule has 0 spiro atoms. The van der Waals surface area contributed by atoms with Crippen molar-refractivity contribution in [1.29, 1.82) is 0 Å². The van der Waals surface area contributed by atoms with E-state index in [0.29, 0.717) is 25.1 Å². The third kappa shape index (κ3) is 5.57. The summed E-state index contributed by atoms with van der Waals surface area (Å²) in [6.45, 7) is 6.25. The largest absolute Gasteiger partial charge is 0.392 e. The molecule has 0 heterocycles. The van der Waals surface area contributed by atoms with E-state index in [9.17, 15) is 20.2 Å². The Morgan fingerprint density at radius 1 is 1.13 bits per heavy atom. The number of nitro benzene ring substituents is 2. The Morgan fingerprint density at radius 2 is 1.65 bits per heavy atom. The third-order valence-corrected chi connectivity index (χ3v) is 3.51. The fraction of sp³-hybridized carbons (Fsp3) is 0.600. The second-order valence-electron chi connectivity index (χ2n) is 5.86. The Kier molecular flexibility index (Phi) is 7.05. The van der Waals surface area contributed by atoms with Crippen molar-refractivity contribution in [3.63, 3.8) is 0 Å². The zero-order valence-electron chi connectivity index (χ0n) is 13.6. The number of hydrogen-bond donors (Lipinski definition) is 2. The highest BCUT2D eigenvalue weighted by Gasteiger charge is 2.26. The average Bonchev–Trinajstić information content (AvgIpc) is 2.45. The van der Waals surface area contributed by atoms with Crippen LogP contribution in [-0.4, -0.2) is 34.1 Å². The van der Waals surface area contributed by atoms with Gasteiger partial charge in [-0.1, -0.05) is 13.8 Å². The van der Waals surface area contributed by atoms with E-state index in [2.05, 4.69) is 5.32 Å². The quantitative estimate of drug-likeness (QED) is 0.409. The highest BCUT2D eigenvalue weighted by atomic mass is 16.6. The topological polar surface area (TPSA) is 119 Å².